The molecular weight excluding hydrogens is 320 g/mol. The summed E-state index contributed by atoms with van der Waals surface area (Å²) in [5.41, 5.74) is 1.40. The fourth-order valence-electron chi connectivity index (χ4n) is 2.91. The molecule has 1 aliphatic rings. The van der Waals surface area contributed by atoms with Gasteiger partial charge in [0.25, 0.3) is 5.91 Å². The molecule has 1 saturated heterocycles. The second-order valence-corrected chi connectivity index (χ2v) is 5.89. The fourth-order valence-corrected chi connectivity index (χ4v) is 2.91. The maximum atomic E-state index is 12.6. The zero-order valence-electron chi connectivity index (χ0n) is 14.4. The molecule has 0 unspecified atom stereocenters. The minimum absolute atomic E-state index is 0.0828. The molecule has 3 rings (SSSR count). The summed E-state index contributed by atoms with van der Waals surface area (Å²) >= 11 is 0. The van der Waals surface area contributed by atoms with Crippen molar-refractivity contribution in [3.05, 3.63) is 42.4 Å². The van der Waals surface area contributed by atoms with Gasteiger partial charge in [-0.25, -0.2) is 9.97 Å². The van der Waals surface area contributed by atoms with Crippen LogP contribution in [0.3, 0.4) is 0 Å². The van der Waals surface area contributed by atoms with Crippen LogP contribution in [0.4, 0.5) is 5.69 Å². The van der Waals surface area contributed by atoms with Crippen LogP contribution in [0.5, 0.6) is 11.6 Å². The second-order valence-electron chi connectivity index (χ2n) is 5.89. The SMILES string of the molecule is COc1cccc(NC2CCN(C(=O)c3cc(OC)ncn3)CC2)c1. The average molecular weight is 342 g/mol. The van der Waals surface area contributed by atoms with Crippen LogP contribution in [0, 0.1) is 0 Å². The molecule has 0 aliphatic carbocycles. The molecule has 25 heavy (non-hydrogen) atoms. The first kappa shape index (κ1) is 17.0. The van der Waals surface area contributed by atoms with Gasteiger partial charge < -0.3 is 19.7 Å². The Morgan fingerprint density at radius 2 is 1.96 bits per heavy atom. The summed E-state index contributed by atoms with van der Waals surface area (Å²) in [6.07, 6.45) is 3.11. The third-order valence-corrected chi connectivity index (χ3v) is 4.29. The van der Waals surface area contributed by atoms with Gasteiger partial charge in [-0.05, 0) is 25.0 Å². The number of piperidine rings is 1. The van der Waals surface area contributed by atoms with Crippen LogP contribution < -0.4 is 14.8 Å². The number of benzene rings is 1. The van der Waals surface area contributed by atoms with Crippen LogP contribution >= 0.6 is 0 Å². The van der Waals surface area contributed by atoms with E-state index in [4.69, 9.17) is 9.47 Å². The summed E-state index contributed by atoms with van der Waals surface area (Å²) in [5, 5.41) is 3.51. The molecule has 0 atom stereocenters. The lowest BCUT2D eigenvalue weighted by Crippen LogP contribution is -2.42. The van der Waals surface area contributed by atoms with Crippen LogP contribution in [0.15, 0.2) is 36.7 Å². The van der Waals surface area contributed by atoms with Gasteiger partial charge in [0.05, 0.1) is 14.2 Å². The normalized spacial score (nSPS) is 14.9. The number of carbonyl (C=O) groups is 1. The van der Waals surface area contributed by atoms with E-state index in [9.17, 15) is 4.79 Å². The fraction of sp³-hybridized carbons (Fsp3) is 0.389. The Morgan fingerprint density at radius 1 is 1.16 bits per heavy atom. The summed E-state index contributed by atoms with van der Waals surface area (Å²) in [4.78, 5) is 22.4. The minimum Gasteiger partial charge on any atom is -0.497 e. The van der Waals surface area contributed by atoms with Gasteiger partial charge >= 0.3 is 0 Å². The molecule has 0 bridgehead atoms. The molecule has 0 saturated carbocycles. The number of hydrogen-bond donors (Lipinski definition) is 1. The van der Waals surface area contributed by atoms with Gasteiger partial charge in [0, 0.05) is 37.0 Å². The predicted molar refractivity (Wildman–Crippen MR) is 94.1 cm³/mol. The van der Waals surface area contributed by atoms with E-state index >= 15 is 0 Å². The first-order valence-corrected chi connectivity index (χ1v) is 8.25. The lowest BCUT2D eigenvalue weighted by molar-refractivity contribution is 0.0712. The number of methoxy groups -OCH3 is 2. The molecule has 1 aromatic heterocycles. The predicted octanol–water partition coefficient (Wildman–Crippen LogP) is 2.21. The van der Waals surface area contributed by atoms with Gasteiger partial charge in [0.15, 0.2) is 0 Å². The molecule has 1 aliphatic heterocycles. The number of amides is 1. The van der Waals surface area contributed by atoms with Gasteiger partial charge in [-0.2, -0.15) is 0 Å². The molecule has 1 amide bonds. The third-order valence-electron chi connectivity index (χ3n) is 4.29. The molecule has 1 aromatic carbocycles. The van der Waals surface area contributed by atoms with Crippen molar-refractivity contribution in [3.63, 3.8) is 0 Å². The Bertz CT molecular complexity index is 730. The Labute approximate surface area is 147 Å². The van der Waals surface area contributed by atoms with E-state index < -0.39 is 0 Å². The Hall–Kier alpha value is -2.83. The Balaban J connectivity index is 1.56. The number of aromatic nitrogens is 2. The number of nitrogens with zero attached hydrogens (tertiary/aromatic N) is 3. The van der Waals surface area contributed by atoms with Gasteiger partial charge in [-0.15, -0.1) is 0 Å². The smallest absolute Gasteiger partial charge is 0.272 e. The third kappa shape index (κ3) is 4.17. The Morgan fingerprint density at radius 3 is 2.68 bits per heavy atom. The topological polar surface area (TPSA) is 76.6 Å². The first-order valence-electron chi connectivity index (χ1n) is 8.25. The van der Waals surface area contributed by atoms with Crippen molar-refractivity contribution in [2.45, 2.75) is 18.9 Å². The van der Waals surface area contributed by atoms with Crippen molar-refractivity contribution in [2.24, 2.45) is 0 Å². The van der Waals surface area contributed by atoms with Crippen LogP contribution in [-0.2, 0) is 0 Å². The molecule has 7 heteroatoms. The summed E-state index contributed by atoms with van der Waals surface area (Å²) in [7, 11) is 3.18. The molecule has 1 N–H and O–H groups in total. The standard InChI is InChI=1S/C18H22N4O3/c1-24-15-5-3-4-14(10-15)21-13-6-8-22(9-7-13)18(23)16-11-17(25-2)20-12-19-16/h3-5,10-13,21H,6-9H2,1-2H3. The molecule has 2 aromatic rings. The maximum absolute atomic E-state index is 12.6. The van der Waals surface area contributed by atoms with Crippen molar-refractivity contribution in [1.29, 1.82) is 0 Å². The van der Waals surface area contributed by atoms with E-state index in [-0.39, 0.29) is 5.91 Å². The lowest BCUT2D eigenvalue weighted by Gasteiger charge is -2.32. The molecular formula is C18H22N4O3. The molecule has 2 heterocycles. The lowest BCUT2D eigenvalue weighted by atomic mass is 10.0. The van der Waals surface area contributed by atoms with E-state index in [1.165, 1.54) is 13.4 Å². The van der Waals surface area contributed by atoms with E-state index in [2.05, 4.69) is 15.3 Å². The monoisotopic (exact) mass is 342 g/mol. The van der Waals surface area contributed by atoms with Crippen LogP contribution in [0.2, 0.25) is 0 Å². The largest absolute Gasteiger partial charge is 0.497 e. The van der Waals surface area contributed by atoms with Crippen molar-refractivity contribution in [2.75, 3.05) is 32.6 Å². The number of anilines is 1. The van der Waals surface area contributed by atoms with Gasteiger partial charge in [-0.1, -0.05) is 6.07 Å². The van der Waals surface area contributed by atoms with Gasteiger partial charge in [0.2, 0.25) is 5.88 Å². The molecule has 0 radical (unpaired) electrons. The second kappa shape index (κ2) is 7.83. The summed E-state index contributed by atoms with van der Waals surface area (Å²) in [5.74, 6) is 1.14. The molecule has 0 spiro atoms. The summed E-state index contributed by atoms with van der Waals surface area (Å²) < 4.78 is 10.3. The first-order chi connectivity index (χ1) is 12.2. The van der Waals surface area contributed by atoms with Crippen LogP contribution in [-0.4, -0.2) is 54.1 Å². The minimum atomic E-state index is -0.0828. The van der Waals surface area contributed by atoms with E-state index in [0.29, 0.717) is 30.7 Å². The summed E-state index contributed by atoms with van der Waals surface area (Å²) in [6.45, 7) is 1.37. The van der Waals surface area contributed by atoms with Crippen LogP contribution in [0.25, 0.3) is 0 Å². The van der Waals surface area contributed by atoms with Gasteiger partial charge in [0.1, 0.15) is 17.8 Å². The van der Waals surface area contributed by atoms with Crippen LogP contribution in [0.1, 0.15) is 23.3 Å². The van der Waals surface area contributed by atoms with E-state index in [1.807, 2.05) is 29.2 Å². The van der Waals surface area contributed by atoms with Crippen molar-refractivity contribution < 1.29 is 14.3 Å². The number of ether oxygens (including phenoxy) is 2. The van der Waals surface area contributed by atoms with Crippen molar-refractivity contribution in [3.8, 4) is 11.6 Å². The number of rotatable bonds is 5. The highest BCUT2D eigenvalue weighted by atomic mass is 16.5. The number of likely N-dealkylation sites (tertiary alicyclic amines) is 1. The molecule has 1 fully saturated rings. The summed E-state index contributed by atoms with van der Waals surface area (Å²) in [6, 6.07) is 9.78. The number of nitrogens with one attached hydrogen (secondary N) is 1. The highest BCUT2D eigenvalue weighted by Crippen LogP contribution is 2.21. The van der Waals surface area contributed by atoms with Crippen molar-refractivity contribution in [1.82, 2.24) is 14.9 Å². The average Bonchev–Trinajstić information content (AvgIpc) is 2.68. The number of hydrogen-bond acceptors (Lipinski definition) is 6. The number of carbonyl (C=O) groups excluding carboxylic acids is 1. The molecule has 7 nitrogen and oxygen atoms in total. The maximum Gasteiger partial charge on any atom is 0.272 e. The van der Waals surface area contributed by atoms with E-state index in [1.54, 1.807) is 13.2 Å². The zero-order chi connectivity index (χ0) is 17.6. The van der Waals surface area contributed by atoms with Gasteiger partial charge in [-0.3, -0.25) is 4.79 Å². The van der Waals surface area contributed by atoms with E-state index in [0.717, 1.165) is 24.3 Å². The van der Waals surface area contributed by atoms with Crippen molar-refractivity contribution >= 4 is 11.6 Å². The Kier molecular flexibility index (Phi) is 5.33. The zero-order valence-corrected chi connectivity index (χ0v) is 14.4. The quantitative estimate of drug-likeness (QED) is 0.898. The molecule has 132 valence electrons. The highest BCUT2D eigenvalue weighted by Gasteiger charge is 2.24. The highest BCUT2D eigenvalue weighted by molar-refractivity contribution is 5.92.